The van der Waals surface area contributed by atoms with Gasteiger partial charge in [0.25, 0.3) is 0 Å². The van der Waals surface area contributed by atoms with E-state index in [9.17, 15) is 0 Å². The van der Waals surface area contributed by atoms with Gasteiger partial charge in [-0.15, -0.1) is 0 Å². The number of nitrogens with zero attached hydrogens (tertiary/aromatic N) is 1. The maximum atomic E-state index is 5.86. The number of hydrogen-bond acceptors (Lipinski definition) is 3. The molecule has 1 heterocycles. The van der Waals surface area contributed by atoms with E-state index < -0.39 is 0 Å². The lowest BCUT2D eigenvalue weighted by Gasteiger charge is -2.11. The molecule has 0 amide bonds. The van der Waals surface area contributed by atoms with Crippen LogP contribution in [0, 0.1) is 5.92 Å². The molecule has 0 radical (unpaired) electrons. The van der Waals surface area contributed by atoms with Gasteiger partial charge in [0.05, 0.1) is 18.4 Å². The molecule has 2 rings (SSSR count). The quantitative estimate of drug-likeness (QED) is 0.708. The summed E-state index contributed by atoms with van der Waals surface area (Å²) in [5.41, 5.74) is 0.927. The van der Waals surface area contributed by atoms with E-state index in [0.29, 0.717) is 5.92 Å². The van der Waals surface area contributed by atoms with E-state index in [2.05, 4.69) is 34.9 Å². The maximum Gasteiger partial charge on any atom is 0.170 e. The second kappa shape index (κ2) is 6.75. The molecule has 2 aromatic rings. The minimum atomic E-state index is 0.710. The van der Waals surface area contributed by atoms with Crippen LogP contribution in [0.5, 0.6) is 5.75 Å². The largest absolute Gasteiger partial charge is 0.493 e. The highest BCUT2D eigenvalue weighted by Gasteiger charge is 2.10. The summed E-state index contributed by atoms with van der Waals surface area (Å²) in [6.45, 7) is 5.17. The number of aromatic nitrogens is 1. The average molecular weight is 324 g/mol. The minimum absolute atomic E-state index is 0.710. The molecule has 19 heavy (non-hydrogen) atoms. The van der Waals surface area contributed by atoms with Gasteiger partial charge in [-0.05, 0) is 37.0 Å². The molecule has 0 aliphatic rings. The number of benzene rings is 1. The van der Waals surface area contributed by atoms with Gasteiger partial charge in [0.1, 0.15) is 5.75 Å². The van der Waals surface area contributed by atoms with Crippen LogP contribution in [0.4, 0.5) is 0 Å². The Bertz CT molecular complexity index is 509. The van der Waals surface area contributed by atoms with Gasteiger partial charge in [0, 0.05) is 10.5 Å². The Kier molecular flexibility index (Phi) is 5.02. The van der Waals surface area contributed by atoms with Crippen molar-refractivity contribution in [3.8, 4) is 17.1 Å². The van der Waals surface area contributed by atoms with Crippen LogP contribution in [-0.4, -0.2) is 11.8 Å². The third-order valence-corrected chi connectivity index (χ3v) is 3.32. The van der Waals surface area contributed by atoms with E-state index >= 15 is 0 Å². The van der Waals surface area contributed by atoms with Crippen LogP contribution in [0.15, 0.2) is 39.5 Å². The van der Waals surface area contributed by atoms with E-state index in [1.54, 1.807) is 6.20 Å². The molecule has 0 atom stereocenters. The van der Waals surface area contributed by atoms with Crippen LogP contribution in [0.2, 0.25) is 0 Å². The maximum absolute atomic E-state index is 5.86. The third kappa shape index (κ3) is 4.10. The predicted octanol–water partition coefficient (Wildman–Crippen LogP) is 4.92. The standard InChI is InChI=1S/C15H18BrNO2/c1-11(2)4-3-9-18-14-6-5-12(16)10-13(14)15-7-8-17-19-15/h5-8,10-11H,3-4,9H2,1-2H3. The second-order valence-corrected chi connectivity index (χ2v) is 5.82. The fraction of sp³-hybridized carbons (Fsp3) is 0.400. The van der Waals surface area contributed by atoms with Crippen LogP contribution in [0.25, 0.3) is 11.3 Å². The summed E-state index contributed by atoms with van der Waals surface area (Å²) >= 11 is 3.47. The molecule has 0 N–H and O–H groups in total. The molecule has 4 heteroatoms. The highest BCUT2D eigenvalue weighted by molar-refractivity contribution is 9.10. The monoisotopic (exact) mass is 323 g/mol. The molecule has 0 bridgehead atoms. The lowest BCUT2D eigenvalue weighted by Crippen LogP contribution is -2.00. The zero-order chi connectivity index (χ0) is 13.7. The summed E-state index contributed by atoms with van der Waals surface area (Å²) < 4.78 is 12.1. The van der Waals surface area contributed by atoms with Crippen molar-refractivity contribution in [3.05, 3.63) is 34.9 Å². The van der Waals surface area contributed by atoms with Crippen LogP contribution in [0.1, 0.15) is 26.7 Å². The van der Waals surface area contributed by atoms with Crippen molar-refractivity contribution in [2.24, 2.45) is 5.92 Å². The van der Waals surface area contributed by atoms with Crippen LogP contribution >= 0.6 is 15.9 Å². The number of hydrogen-bond donors (Lipinski definition) is 0. The zero-order valence-corrected chi connectivity index (χ0v) is 12.8. The Morgan fingerprint density at radius 3 is 2.84 bits per heavy atom. The van der Waals surface area contributed by atoms with Crippen molar-refractivity contribution in [3.63, 3.8) is 0 Å². The molecule has 0 spiro atoms. The number of halogens is 1. The van der Waals surface area contributed by atoms with Crippen molar-refractivity contribution < 1.29 is 9.26 Å². The topological polar surface area (TPSA) is 35.3 Å². The summed E-state index contributed by atoms with van der Waals surface area (Å²) in [6.07, 6.45) is 3.87. The van der Waals surface area contributed by atoms with Crippen LogP contribution in [-0.2, 0) is 0 Å². The van der Waals surface area contributed by atoms with Gasteiger partial charge in [-0.3, -0.25) is 0 Å². The summed E-state index contributed by atoms with van der Waals surface area (Å²) in [5.74, 6) is 2.27. The van der Waals surface area contributed by atoms with Gasteiger partial charge in [0.15, 0.2) is 5.76 Å². The molecular weight excluding hydrogens is 306 g/mol. The first-order chi connectivity index (χ1) is 9.16. The lowest BCUT2D eigenvalue weighted by molar-refractivity contribution is 0.297. The predicted molar refractivity (Wildman–Crippen MR) is 79.2 cm³/mol. The number of ether oxygens (including phenoxy) is 1. The van der Waals surface area contributed by atoms with Crippen molar-refractivity contribution in [1.29, 1.82) is 0 Å². The van der Waals surface area contributed by atoms with Crippen LogP contribution in [0.3, 0.4) is 0 Å². The van der Waals surface area contributed by atoms with Gasteiger partial charge < -0.3 is 9.26 Å². The fourth-order valence-corrected chi connectivity index (χ4v) is 2.21. The molecule has 0 aliphatic heterocycles. The van der Waals surface area contributed by atoms with Crippen molar-refractivity contribution in [2.45, 2.75) is 26.7 Å². The molecular formula is C15H18BrNO2. The van der Waals surface area contributed by atoms with Crippen molar-refractivity contribution >= 4 is 15.9 Å². The van der Waals surface area contributed by atoms with Gasteiger partial charge in [-0.1, -0.05) is 34.9 Å². The zero-order valence-electron chi connectivity index (χ0n) is 11.2. The van der Waals surface area contributed by atoms with E-state index in [0.717, 1.165) is 34.6 Å². The third-order valence-electron chi connectivity index (χ3n) is 2.83. The van der Waals surface area contributed by atoms with Crippen molar-refractivity contribution in [1.82, 2.24) is 5.16 Å². The van der Waals surface area contributed by atoms with E-state index in [-0.39, 0.29) is 0 Å². The Balaban J connectivity index is 2.08. The summed E-state index contributed by atoms with van der Waals surface area (Å²) in [6, 6.07) is 7.75. The first kappa shape index (κ1) is 14.1. The van der Waals surface area contributed by atoms with Gasteiger partial charge in [0.2, 0.25) is 0 Å². The first-order valence-electron chi connectivity index (χ1n) is 6.50. The Labute approximate surface area is 122 Å². The van der Waals surface area contributed by atoms with E-state index in [1.807, 2.05) is 24.3 Å². The molecule has 1 aromatic carbocycles. The molecule has 102 valence electrons. The molecule has 0 unspecified atom stereocenters. The summed E-state index contributed by atoms with van der Waals surface area (Å²) in [5, 5.41) is 3.74. The highest BCUT2D eigenvalue weighted by atomic mass is 79.9. The number of rotatable bonds is 6. The SMILES string of the molecule is CC(C)CCCOc1ccc(Br)cc1-c1ccno1. The normalized spacial score (nSPS) is 10.9. The lowest BCUT2D eigenvalue weighted by atomic mass is 10.1. The fourth-order valence-electron chi connectivity index (χ4n) is 1.85. The van der Waals surface area contributed by atoms with Gasteiger partial charge in [-0.25, -0.2) is 0 Å². The molecule has 3 nitrogen and oxygen atoms in total. The van der Waals surface area contributed by atoms with Crippen LogP contribution < -0.4 is 4.74 Å². The highest BCUT2D eigenvalue weighted by Crippen LogP contribution is 2.32. The molecule has 0 saturated carbocycles. The van der Waals surface area contributed by atoms with E-state index in [4.69, 9.17) is 9.26 Å². The smallest absolute Gasteiger partial charge is 0.170 e. The Hall–Kier alpha value is -1.29. The molecule has 0 fully saturated rings. The summed E-state index contributed by atoms with van der Waals surface area (Å²) in [4.78, 5) is 0. The minimum Gasteiger partial charge on any atom is -0.493 e. The first-order valence-corrected chi connectivity index (χ1v) is 7.29. The second-order valence-electron chi connectivity index (χ2n) is 4.90. The molecule has 0 aliphatic carbocycles. The Morgan fingerprint density at radius 2 is 2.16 bits per heavy atom. The van der Waals surface area contributed by atoms with Crippen molar-refractivity contribution in [2.75, 3.05) is 6.61 Å². The average Bonchev–Trinajstić information content (AvgIpc) is 2.89. The molecule has 1 aromatic heterocycles. The molecule has 0 saturated heterocycles. The summed E-state index contributed by atoms with van der Waals surface area (Å²) in [7, 11) is 0. The Morgan fingerprint density at radius 1 is 1.32 bits per heavy atom. The van der Waals surface area contributed by atoms with Gasteiger partial charge in [-0.2, -0.15) is 0 Å². The van der Waals surface area contributed by atoms with Gasteiger partial charge >= 0.3 is 0 Å². The van der Waals surface area contributed by atoms with E-state index in [1.165, 1.54) is 6.42 Å².